The maximum atomic E-state index is 10.5. The molecule has 0 aliphatic heterocycles. The predicted molar refractivity (Wildman–Crippen MR) is 45.0 cm³/mol. The van der Waals surface area contributed by atoms with Crippen LogP contribution in [0, 0.1) is 17.0 Å². The van der Waals surface area contributed by atoms with Gasteiger partial charge < -0.3 is 5.21 Å². The highest BCUT2D eigenvalue weighted by atomic mass is 16.6. The van der Waals surface area contributed by atoms with E-state index in [0.29, 0.717) is 5.69 Å². The van der Waals surface area contributed by atoms with Crippen LogP contribution in [0.3, 0.4) is 0 Å². The molecular weight excluding hydrogens is 174 g/mol. The first-order valence-corrected chi connectivity index (χ1v) is 3.44. The number of oxime groups is 1. The number of nitrogens with zero attached hydrogens (tertiary/aromatic N) is 3. The molecule has 1 aromatic heterocycles. The molecule has 1 rings (SSSR count). The summed E-state index contributed by atoms with van der Waals surface area (Å²) in [5.41, 5.74) is 0.391. The van der Waals surface area contributed by atoms with E-state index < -0.39 is 4.92 Å². The Morgan fingerprint density at radius 1 is 1.77 bits per heavy atom. The highest BCUT2D eigenvalue weighted by molar-refractivity contribution is 5.85. The first-order chi connectivity index (χ1) is 6.16. The van der Waals surface area contributed by atoms with Gasteiger partial charge in [-0.15, -0.1) is 0 Å². The Kier molecular flexibility index (Phi) is 2.53. The van der Waals surface area contributed by atoms with Gasteiger partial charge in [0, 0.05) is 6.20 Å². The van der Waals surface area contributed by atoms with Crippen LogP contribution in [0.2, 0.25) is 0 Å². The van der Waals surface area contributed by atoms with Crippen molar-refractivity contribution in [2.75, 3.05) is 0 Å². The van der Waals surface area contributed by atoms with Gasteiger partial charge in [0.25, 0.3) is 5.69 Å². The number of aryl methyl sites for hydroxylation is 1. The Labute approximate surface area is 73.7 Å². The summed E-state index contributed by atoms with van der Waals surface area (Å²) in [6.45, 7) is 1.52. The first kappa shape index (κ1) is 9.11. The average Bonchev–Trinajstić information content (AvgIpc) is 2.04. The molecule has 1 heterocycles. The van der Waals surface area contributed by atoms with E-state index in [0.717, 1.165) is 6.21 Å². The van der Waals surface area contributed by atoms with Crippen molar-refractivity contribution >= 4 is 11.9 Å². The molecule has 0 atom stereocenters. The Morgan fingerprint density at radius 3 is 3.00 bits per heavy atom. The summed E-state index contributed by atoms with van der Waals surface area (Å²) < 4.78 is 0. The van der Waals surface area contributed by atoms with Gasteiger partial charge >= 0.3 is 0 Å². The lowest BCUT2D eigenvalue weighted by Crippen LogP contribution is -1.99. The minimum Gasteiger partial charge on any atom is -0.411 e. The summed E-state index contributed by atoms with van der Waals surface area (Å²) in [6.07, 6.45) is 2.42. The van der Waals surface area contributed by atoms with Crippen molar-refractivity contribution in [2.45, 2.75) is 6.92 Å². The molecule has 13 heavy (non-hydrogen) atoms. The highest BCUT2D eigenvalue weighted by Gasteiger charge is 2.16. The number of hydrogen-bond acceptors (Lipinski definition) is 5. The molecule has 1 N–H and O–H groups in total. The Balaban J connectivity index is 3.34. The van der Waals surface area contributed by atoms with E-state index in [2.05, 4.69) is 10.1 Å². The van der Waals surface area contributed by atoms with Crippen LogP contribution in [-0.4, -0.2) is 21.3 Å². The van der Waals surface area contributed by atoms with E-state index in [9.17, 15) is 10.1 Å². The Hall–Kier alpha value is -1.98. The fourth-order valence-corrected chi connectivity index (χ4v) is 0.982. The molecule has 0 aliphatic carbocycles. The third-order valence-corrected chi connectivity index (χ3v) is 1.52. The van der Waals surface area contributed by atoms with Crippen LogP contribution in [-0.2, 0) is 0 Å². The second kappa shape index (κ2) is 3.61. The van der Waals surface area contributed by atoms with Crippen LogP contribution >= 0.6 is 0 Å². The van der Waals surface area contributed by atoms with E-state index in [1.807, 2.05) is 0 Å². The van der Waals surface area contributed by atoms with Gasteiger partial charge in [-0.3, -0.25) is 15.1 Å². The first-order valence-electron chi connectivity index (χ1n) is 3.44. The summed E-state index contributed by atoms with van der Waals surface area (Å²) >= 11 is 0. The standard InChI is InChI=1S/C7H7N3O3/c1-5-7(10(12)13)6(4-9-11)2-3-8-5/h2-4,11H,1H3. The fraction of sp³-hybridized carbons (Fsp3) is 0.143. The topological polar surface area (TPSA) is 88.6 Å². The lowest BCUT2D eigenvalue weighted by molar-refractivity contribution is -0.385. The van der Waals surface area contributed by atoms with Gasteiger partial charge in [-0.1, -0.05) is 5.16 Å². The van der Waals surface area contributed by atoms with Gasteiger partial charge in [0.2, 0.25) is 0 Å². The summed E-state index contributed by atoms with van der Waals surface area (Å²) in [4.78, 5) is 13.7. The van der Waals surface area contributed by atoms with Crippen LogP contribution in [0.25, 0.3) is 0 Å². The number of rotatable bonds is 2. The molecule has 6 nitrogen and oxygen atoms in total. The highest BCUT2D eigenvalue weighted by Crippen LogP contribution is 2.18. The van der Waals surface area contributed by atoms with E-state index >= 15 is 0 Å². The van der Waals surface area contributed by atoms with Gasteiger partial charge in [-0.25, -0.2) is 0 Å². The monoisotopic (exact) mass is 181 g/mol. The van der Waals surface area contributed by atoms with E-state index in [-0.39, 0.29) is 11.3 Å². The van der Waals surface area contributed by atoms with Crippen LogP contribution in [0.5, 0.6) is 0 Å². The molecule has 0 amide bonds. The lowest BCUT2D eigenvalue weighted by atomic mass is 10.2. The second-order valence-corrected chi connectivity index (χ2v) is 2.34. The smallest absolute Gasteiger partial charge is 0.299 e. The van der Waals surface area contributed by atoms with Gasteiger partial charge in [-0.2, -0.15) is 0 Å². The quantitative estimate of drug-likeness (QED) is 0.320. The molecule has 68 valence electrons. The number of aromatic nitrogens is 1. The van der Waals surface area contributed by atoms with E-state index in [4.69, 9.17) is 5.21 Å². The van der Waals surface area contributed by atoms with Crippen LogP contribution in [0.4, 0.5) is 5.69 Å². The summed E-state index contributed by atoms with van der Waals surface area (Å²) in [5, 5.41) is 21.5. The summed E-state index contributed by atoms with van der Waals surface area (Å²) in [6, 6.07) is 1.41. The van der Waals surface area contributed by atoms with Crippen LogP contribution < -0.4 is 0 Å². The van der Waals surface area contributed by atoms with Crippen LogP contribution in [0.15, 0.2) is 17.4 Å². The molecular formula is C7H7N3O3. The number of nitro groups is 1. The molecule has 0 unspecified atom stereocenters. The molecule has 6 heteroatoms. The van der Waals surface area contributed by atoms with Gasteiger partial charge in [0.05, 0.1) is 16.7 Å². The van der Waals surface area contributed by atoms with E-state index in [1.165, 1.54) is 19.2 Å². The average molecular weight is 181 g/mol. The molecule has 1 aromatic rings. The minimum absolute atomic E-state index is 0.139. The molecule has 0 radical (unpaired) electrons. The SMILES string of the molecule is Cc1nccc(C=NO)c1[N+](=O)[O-]. The van der Waals surface area contributed by atoms with Crippen molar-refractivity contribution in [2.24, 2.45) is 5.16 Å². The van der Waals surface area contributed by atoms with Crippen molar-refractivity contribution < 1.29 is 10.1 Å². The molecule has 0 spiro atoms. The fourth-order valence-electron chi connectivity index (χ4n) is 0.982. The third-order valence-electron chi connectivity index (χ3n) is 1.52. The molecule has 0 aromatic carbocycles. The van der Waals surface area contributed by atoms with Gasteiger partial charge in [-0.05, 0) is 13.0 Å². The molecule has 0 aliphatic rings. The predicted octanol–water partition coefficient (Wildman–Crippen LogP) is 1.11. The Bertz CT molecular complexity index is 362. The number of pyridine rings is 1. The molecule has 0 bridgehead atoms. The molecule has 0 saturated heterocycles. The van der Waals surface area contributed by atoms with Crippen molar-refractivity contribution in [3.05, 3.63) is 33.6 Å². The normalized spacial score (nSPS) is 10.5. The van der Waals surface area contributed by atoms with E-state index in [1.54, 1.807) is 0 Å². The summed E-state index contributed by atoms with van der Waals surface area (Å²) in [5.74, 6) is 0. The van der Waals surface area contributed by atoms with Gasteiger partial charge in [0.15, 0.2) is 0 Å². The minimum atomic E-state index is -0.556. The largest absolute Gasteiger partial charge is 0.411 e. The van der Waals surface area contributed by atoms with Crippen LogP contribution in [0.1, 0.15) is 11.3 Å². The van der Waals surface area contributed by atoms with Crippen molar-refractivity contribution in [3.63, 3.8) is 0 Å². The van der Waals surface area contributed by atoms with Crippen molar-refractivity contribution in [1.29, 1.82) is 0 Å². The Morgan fingerprint density at radius 2 is 2.46 bits per heavy atom. The zero-order valence-corrected chi connectivity index (χ0v) is 6.84. The third kappa shape index (κ3) is 1.78. The number of hydrogen-bond donors (Lipinski definition) is 1. The van der Waals surface area contributed by atoms with Crippen molar-refractivity contribution in [1.82, 2.24) is 4.98 Å². The lowest BCUT2D eigenvalue weighted by Gasteiger charge is -1.97. The van der Waals surface area contributed by atoms with Crippen molar-refractivity contribution in [3.8, 4) is 0 Å². The molecule has 0 fully saturated rings. The van der Waals surface area contributed by atoms with Gasteiger partial charge in [0.1, 0.15) is 5.69 Å². The zero-order valence-electron chi connectivity index (χ0n) is 6.84. The maximum Gasteiger partial charge on any atom is 0.299 e. The zero-order chi connectivity index (χ0) is 9.84. The summed E-state index contributed by atoms with van der Waals surface area (Å²) in [7, 11) is 0. The second-order valence-electron chi connectivity index (χ2n) is 2.34. The maximum absolute atomic E-state index is 10.5. The molecule has 0 saturated carbocycles.